The molecule has 1 N–H and O–H groups in total. The minimum absolute atomic E-state index is 0.0499. The van der Waals surface area contributed by atoms with Crippen molar-refractivity contribution in [3.05, 3.63) is 81.2 Å². The van der Waals surface area contributed by atoms with Crippen LogP contribution in [0.25, 0.3) is 5.69 Å². The number of nitrogens with one attached hydrogen (secondary N) is 1. The lowest BCUT2D eigenvalue weighted by molar-refractivity contribution is -0.384. The highest BCUT2D eigenvalue weighted by atomic mass is 16.6. The van der Waals surface area contributed by atoms with Crippen molar-refractivity contribution in [1.29, 1.82) is 0 Å². The third-order valence-corrected chi connectivity index (χ3v) is 6.22. The van der Waals surface area contributed by atoms with E-state index in [4.69, 9.17) is 0 Å². The fraction of sp³-hybridized carbons (Fsp3) is 0.400. The summed E-state index contributed by atoms with van der Waals surface area (Å²) in [5.74, 6) is 1.13. The van der Waals surface area contributed by atoms with Crippen molar-refractivity contribution in [1.82, 2.24) is 25.2 Å². The number of rotatable bonds is 7. The number of nitrogens with zero attached hydrogens (tertiary/aromatic N) is 5. The summed E-state index contributed by atoms with van der Waals surface area (Å²) in [6, 6.07) is 14.4. The SMILES string of the molecule is Cc1c(C(=O)NCc2ccc(CN3CC(C)CC(C)C3)cc2)nnn1-c1cccc([N+](=O)[O-])c1. The molecule has 178 valence electrons. The predicted octanol–water partition coefficient (Wildman–Crippen LogP) is 3.89. The van der Waals surface area contributed by atoms with Crippen LogP contribution in [0.3, 0.4) is 0 Å². The van der Waals surface area contributed by atoms with Crippen LogP contribution in [0.15, 0.2) is 48.5 Å². The van der Waals surface area contributed by atoms with Gasteiger partial charge in [0.05, 0.1) is 16.3 Å². The van der Waals surface area contributed by atoms with E-state index in [0.717, 1.165) is 37.0 Å². The van der Waals surface area contributed by atoms with Gasteiger partial charge < -0.3 is 5.32 Å². The Hall–Kier alpha value is -3.59. The fourth-order valence-corrected chi connectivity index (χ4v) is 4.73. The largest absolute Gasteiger partial charge is 0.347 e. The number of benzene rings is 2. The zero-order valence-electron chi connectivity index (χ0n) is 19.8. The molecule has 1 aliphatic rings. The van der Waals surface area contributed by atoms with Crippen molar-refractivity contribution in [2.75, 3.05) is 13.1 Å². The van der Waals surface area contributed by atoms with Crippen LogP contribution in [0.2, 0.25) is 0 Å². The normalized spacial score (nSPS) is 18.6. The van der Waals surface area contributed by atoms with E-state index in [1.165, 1.54) is 28.8 Å². The van der Waals surface area contributed by atoms with E-state index in [1.54, 1.807) is 19.1 Å². The molecule has 0 bridgehead atoms. The van der Waals surface area contributed by atoms with Gasteiger partial charge in [-0.1, -0.05) is 49.4 Å². The van der Waals surface area contributed by atoms with Gasteiger partial charge in [-0.05, 0) is 42.4 Å². The van der Waals surface area contributed by atoms with E-state index in [1.807, 2.05) is 12.1 Å². The molecular formula is C25H30N6O3. The third kappa shape index (κ3) is 5.48. The smallest absolute Gasteiger partial charge is 0.274 e. The van der Waals surface area contributed by atoms with Gasteiger partial charge in [-0.25, -0.2) is 4.68 Å². The number of non-ortho nitro benzene ring substituents is 1. The lowest BCUT2D eigenvalue weighted by Gasteiger charge is -2.35. The molecule has 0 aliphatic carbocycles. The van der Waals surface area contributed by atoms with Crippen LogP contribution in [0.1, 0.15) is 47.6 Å². The molecule has 2 atom stereocenters. The number of aromatic nitrogens is 3. The quantitative estimate of drug-likeness (QED) is 0.422. The van der Waals surface area contributed by atoms with Crippen molar-refractivity contribution < 1.29 is 9.72 Å². The Morgan fingerprint density at radius 2 is 1.79 bits per heavy atom. The Morgan fingerprint density at radius 3 is 2.47 bits per heavy atom. The van der Waals surface area contributed by atoms with Gasteiger partial charge in [0, 0.05) is 38.3 Å². The first-order chi connectivity index (χ1) is 16.3. The van der Waals surface area contributed by atoms with Gasteiger partial charge in [0.1, 0.15) is 0 Å². The summed E-state index contributed by atoms with van der Waals surface area (Å²) in [7, 11) is 0. The molecule has 0 saturated carbocycles. The maximum absolute atomic E-state index is 12.7. The number of hydrogen-bond donors (Lipinski definition) is 1. The molecule has 1 saturated heterocycles. The fourth-order valence-electron chi connectivity index (χ4n) is 4.73. The lowest BCUT2D eigenvalue weighted by Crippen LogP contribution is -2.38. The molecule has 34 heavy (non-hydrogen) atoms. The van der Waals surface area contributed by atoms with Gasteiger partial charge in [0.25, 0.3) is 11.6 Å². The molecule has 1 aromatic heterocycles. The predicted molar refractivity (Wildman–Crippen MR) is 129 cm³/mol. The van der Waals surface area contributed by atoms with Gasteiger partial charge >= 0.3 is 0 Å². The number of amides is 1. The number of hydrogen-bond acceptors (Lipinski definition) is 6. The van der Waals surface area contributed by atoms with Crippen LogP contribution >= 0.6 is 0 Å². The highest BCUT2D eigenvalue weighted by Gasteiger charge is 2.22. The second kappa shape index (κ2) is 10.1. The summed E-state index contributed by atoms with van der Waals surface area (Å²) in [6.45, 7) is 9.94. The molecular weight excluding hydrogens is 432 g/mol. The Kier molecular flexibility index (Phi) is 7.02. The molecule has 2 heterocycles. The molecule has 1 aliphatic heterocycles. The van der Waals surface area contributed by atoms with Crippen LogP contribution in [-0.2, 0) is 13.1 Å². The number of likely N-dealkylation sites (tertiary alicyclic amines) is 1. The third-order valence-electron chi connectivity index (χ3n) is 6.22. The first-order valence-electron chi connectivity index (χ1n) is 11.6. The zero-order chi connectivity index (χ0) is 24.2. The summed E-state index contributed by atoms with van der Waals surface area (Å²) in [6.07, 6.45) is 1.30. The van der Waals surface area contributed by atoms with Crippen LogP contribution in [0.5, 0.6) is 0 Å². The Labute approximate surface area is 198 Å². The number of carbonyl (C=O) groups is 1. The van der Waals surface area contributed by atoms with Gasteiger partial charge in [0.15, 0.2) is 5.69 Å². The summed E-state index contributed by atoms with van der Waals surface area (Å²) in [5, 5.41) is 21.9. The second-order valence-corrected chi connectivity index (χ2v) is 9.35. The molecule has 9 nitrogen and oxygen atoms in total. The molecule has 3 aromatic rings. The molecule has 0 radical (unpaired) electrons. The molecule has 1 amide bonds. The minimum atomic E-state index is -0.470. The summed E-state index contributed by atoms with van der Waals surface area (Å²) in [5.41, 5.74) is 3.40. The van der Waals surface area contributed by atoms with Crippen molar-refractivity contribution in [2.45, 2.75) is 40.3 Å². The maximum atomic E-state index is 12.7. The minimum Gasteiger partial charge on any atom is -0.347 e. The van der Waals surface area contributed by atoms with Crippen LogP contribution < -0.4 is 5.32 Å². The average molecular weight is 463 g/mol. The zero-order valence-corrected chi connectivity index (χ0v) is 19.8. The summed E-state index contributed by atoms with van der Waals surface area (Å²) >= 11 is 0. The first-order valence-corrected chi connectivity index (χ1v) is 11.6. The van der Waals surface area contributed by atoms with Crippen molar-refractivity contribution in [3.63, 3.8) is 0 Å². The van der Waals surface area contributed by atoms with Gasteiger partial charge in [0.2, 0.25) is 0 Å². The molecule has 2 aromatic carbocycles. The van der Waals surface area contributed by atoms with E-state index >= 15 is 0 Å². The Morgan fingerprint density at radius 1 is 1.12 bits per heavy atom. The van der Waals surface area contributed by atoms with Crippen molar-refractivity contribution in [3.8, 4) is 5.69 Å². The monoisotopic (exact) mass is 462 g/mol. The number of carbonyl (C=O) groups excluding carboxylic acids is 1. The highest BCUT2D eigenvalue weighted by molar-refractivity contribution is 5.93. The molecule has 4 rings (SSSR count). The molecule has 2 unspecified atom stereocenters. The van der Waals surface area contributed by atoms with Crippen LogP contribution in [0.4, 0.5) is 5.69 Å². The van der Waals surface area contributed by atoms with Crippen molar-refractivity contribution >= 4 is 11.6 Å². The Balaban J connectivity index is 1.36. The molecule has 0 spiro atoms. The highest BCUT2D eigenvalue weighted by Crippen LogP contribution is 2.23. The van der Waals surface area contributed by atoms with Gasteiger partial charge in [-0.2, -0.15) is 0 Å². The summed E-state index contributed by atoms with van der Waals surface area (Å²) in [4.78, 5) is 25.8. The van der Waals surface area contributed by atoms with E-state index < -0.39 is 4.92 Å². The van der Waals surface area contributed by atoms with Crippen molar-refractivity contribution in [2.24, 2.45) is 11.8 Å². The maximum Gasteiger partial charge on any atom is 0.274 e. The van der Waals surface area contributed by atoms with E-state index in [0.29, 0.717) is 17.9 Å². The number of nitro groups is 1. The van der Waals surface area contributed by atoms with Crippen LogP contribution in [0, 0.1) is 28.9 Å². The average Bonchev–Trinajstić information content (AvgIpc) is 3.19. The number of nitro benzene ring substituents is 1. The second-order valence-electron chi connectivity index (χ2n) is 9.35. The van der Waals surface area contributed by atoms with E-state index in [9.17, 15) is 14.9 Å². The van der Waals surface area contributed by atoms with E-state index in [2.05, 4.69) is 46.5 Å². The van der Waals surface area contributed by atoms with Gasteiger partial charge in [-0.15, -0.1) is 5.10 Å². The lowest BCUT2D eigenvalue weighted by atomic mass is 9.91. The van der Waals surface area contributed by atoms with Crippen LogP contribution in [-0.4, -0.2) is 43.8 Å². The summed E-state index contributed by atoms with van der Waals surface area (Å²) < 4.78 is 1.43. The molecule has 1 fully saturated rings. The first kappa shape index (κ1) is 23.6. The van der Waals surface area contributed by atoms with Gasteiger partial charge in [-0.3, -0.25) is 19.8 Å². The van der Waals surface area contributed by atoms with E-state index in [-0.39, 0.29) is 17.3 Å². The molecule has 9 heteroatoms. The Bertz CT molecular complexity index is 1160. The number of piperidine rings is 1. The standard InChI is InChI=1S/C25H30N6O3/c1-17-11-18(2)15-29(14-17)16-21-9-7-20(8-10-21)13-26-25(32)24-19(3)30(28-27-24)22-5-4-6-23(12-22)31(33)34/h4-10,12,17-18H,11,13-16H2,1-3H3,(H,26,32). The topological polar surface area (TPSA) is 106 Å².